The number of hydrogen-bond donors (Lipinski definition) is 1. The molecule has 0 saturated heterocycles. The van der Waals surface area contributed by atoms with E-state index in [2.05, 4.69) is 67.7 Å². The molecule has 2 heteroatoms. The number of amides is 1. The van der Waals surface area contributed by atoms with Gasteiger partial charge in [-0.3, -0.25) is 4.79 Å². The first-order chi connectivity index (χ1) is 11.3. The van der Waals surface area contributed by atoms with Gasteiger partial charge in [0, 0.05) is 6.54 Å². The number of benzene rings is 2. The van der Waals surface area contributed by atoms with Gasteiger partial charge in [-0.2, -0.15) is 0 Å². The Morgan fingerprint density at radius 1 is 0.913 bits per heavy atom. The Bertz CT molecular complexity index is 659. The molecule has 1 aliphatic carbocycles. The van der Waals surface area contributed by atoms with Crippen molar-refractivity contribution in [1.82, 2.24) is 5.32 Å². The zero-order chi connectivity index (χ0) is 16.3. The van der Waals surface area contributed by atoms with Crippen molar-refractivity contribution in [2.45, 2.75) is 44.9 Å². The van der Waals surface area contributed by atoms with E-state index >= 15 is 0 Å². The van der Waals surface area contributed by atoms with Crippen molar-refractivity contribution in [3.63, 3.8) is 0 Å². The summed E-state index contributed by atoms with van der Waals surface area (Å²) >= 11 is 0. The van der Waals surface area contributed by atoms with Crippen molar-refractivity contribution in [3.05, 3.63) is 59.7 Å². The lowest BCUT2D eigenvalue weighted by Gasteiger charge is -2.30. The van der Waals surface area contributed by atoms with E-state index in [0.29, 0.717) is 0 Å². The fraction of sp³-hybridized carbons (Fsp3) is 0.381. The maximum Gasteiger partial charge on any atom is 0.235 e. The number of fused-ring (bicyclic) bond motifs is 3. The standard InChI is InChI=1S/C21H25NO/c1-3-5-15-22-20(23)21(14-4-2)18-12-8-6-10-16(18)17-11-7-9-13-19(17)21/h6-13H,3-5,14-15H2,1-2H3,(H,22,23). The van der Waals surface area contributed by atoms with E-state index in [4.69, 9.17) is 0 Å². The summed E-state index contributed by atoms with van der Waals surface area (Å²) in [5.74, 6) is 0.158. The third kappa shape index (κ3) is 2.46. The molecule has 1 aliphatic rings. The lowest BCUT2D eigenvalue weighted by molar-refractivity contribution is -0.125. The quantitative estimate of drug-likeness (QED) is 0.772. The second-order valence-corrected chi connectivity index (χ2v) is 6.36. The lowest BCUT2D eigenvalue weighted by Crippen LogP contribution is -2.44. The van der Waals surface area contributed by atoms with Crippen LogP contribution < -0.4 is 5.32 Å². The van der Waals surface area contributed by atoms with Crippen LogP contribution in [0.4, 0.5) is 0 Å². The van der Waals surface area contributed by atoms with E-state index < -0.39 is 5.41 Å². The summed E-state index contributed by atoms with van der Waals surface area (Å²) < 4.78 is 0. The fourth-order valence-corrected chi connectivity index (χ4v) is 3.86. The number of hydrogen-bond acceptors (Lipinski definition) is 1. The number of nitrogens with one attached hydrogen (secondary N) is 1. The van der Waals surface area contributed by atoms with E-state index in [1.807, 2.05) is 0 Å². The molecule has 0 aliphatic heterocycles. The third-order valence-corrected chi connectivity index (χ3v) is 4.89. The van der Waals surface area contributed by atoms with E-state index in [1.54, 1.807) is 0 Å². The summed E-state index contributed by atoms with van der Waals surface area (Å²) in [6, 6.07) is 16.8. The number of carbonyl (C=O) groups is 1. The molecule has 0 atom stereocenters. The Hall–Kier alpha value is -2.09. The molecule has 0 radical (unpaired) electrons. The monoisotopic (exact) mass is 307 g/mol. The maximum atomic E-state index is 13.2. The van der Waals surface area contributed by atoms with Crippen molar-refractivity contribution in [1.29, 1.82) is 0 Å². The molecule has 0 fully saturated rings. The Morgan fingerprint density at radius 2 is 1.48 bits per heavy atom. The molecule has 2 aromatic carbocycles. The summed E-state index contributed by atoms with van der Waals surface area (Å²) in [5.41, 5.74) is 4.22. The van der Waals surface area contributed by atoms with Crippen LogP contribution in [0.2, 0.25) is 0 Å². The van der Waals surface area contributed by atoms with Crippen LogP contribution in [0.5, 0.6) is 0 Å². The van der Waals surface area contributed by atoms with E-state index in [0.717, 1.165) is 43.4 Å². The van der Waals surface area contributed by atoms with Gasteiger partial charge in [-0.15, -0.1) is 0 Å². The van der Waals surface area contributed by atoms with Crippen LogP contribution >= 0.6 is 0 Å². The van der Waals surface area contributed by atoms with Crippen molar-refractivity contribution >= 4 is 5.91 Å². The smallest absolute Gasteiger partial charge is 0.235 e. The van der Waals surface area contributed by atoms with Crippen LogP contribution in [0.1, 0.15) is 50.7 Å². The molecule has 3 rings (SSSR count). The normalized spacial score (nSPS) is 14.2. The Morgan fingerprint density at radius 3 is 2.00 bits per heavy atom. The zero-order valence-electron chi connectivity index (χ0n) is 14.1. The van der Waals surface area contributed by atoms with Gasteiger partial charge < -0.3 is 5.32 Å². The molecule has 120 valence electrons. The van der Waals surface area contributed by atoms with Crippen LogP contribution in [0.25, 0.3) is 11.1 Å². The van der Waals surface area contributed by atoms with Crippen molar-refractivity contribution in [2.24, 2.45) is 0 Å². The molecule has 0 spiro atoms. The van der Waals surface area contributed by atoms with E-state index in [1.165, 1.54) is 11.1 Å². The summed E-state index contributed by atoms with van der Waals surface area (Å²) in [5, 5.41) is 3.19. The first kappa shape index (κ1) is 15.8. The van der Waals surface area contributed by atoms with Gasteiger partial charge in [-0.1, -0.05) is 75.2 Å². The average Bonchev–Trinajstić information content (AvgIpc) is 2.87. The molecular formula is C21H25NO. The largest absolute Gasteiger partial charge is 0.355 e. The molecule has 2 nitrogen and oxygen atoms in total. The molecule has 0 aromatic heterocycles. The number of rotatable bonds is 6. The van der Waals surface area contributed by atoms with Crippen molar-refractivity contribution in [2.75, 3.05) is 6.54 Å². The molecule has 2 aromatic rings. The highest BCUT2D eigenvalue weighted by Crippen LogP contribution is 2.51. The number of carbonyl (C=O) groups excluding carboxylic acids is 1. The third-order valence-electron chi connectivity index (χ3n) is 4.89. The van der Waals surface area contributed by atoms with Crippen LogP contribution in [0.3, 0.4) is 0 Å². The highest BCUT2D eigenvalue weighted by molar-refractivity contribution is 6.00. The van der Waals surface area contributed by atoms with E-state index in [9.17, 15) is 4.79 Å². The fourth-order valence-electron chi connectivity index (χ4n) is 3.86. The SMILES string of the molecule is CCCCNC(=O)C1(CCC)c2ccccc2-c2ccccc21. The van der Waals surface area contributed by atoms with Crippen LogP contribution in [-0.2, 0) is 10.2 Å². The summed E-state index contributed by atoms with van der Waals surface area (Å²) in [4.78, 5) is 13.2. The van der Waals surface area contributed by atoms with Crippen molar-refractivity contribution in [3.8, 4) is 11.1 Å². The van der Waals surface area contributed by atoms with Gasteiger partial charge in [0.15, 0.2) is 0 Å². The topological polar surface area (TPSA) is 29.1 Å². The minimum Gasteiger partial charge on any atom is -0.355 e. The lowest BCUT2D eigenvalue weighted by atomic mass is 9.74. The minimum atomic E-state index is -0.532. The molecule has 0 saturated carbocycles. The molecular weight excluding hydrogens is 282 g/mol. The highest BCUT2D eigenvalue weighted by atomic mass is 16.2. The van der Waals surface area contributed by atoms with E-state index in [-0.39, 0.29) is 5.91 Å². The second-order valence-electron chi connectivity index (χ2n) is 6.36. The second kappa shape index (κ2) is 6.57. The molecule has 1 N–H and O–H groups in total. The van der Waals surface area contributed by atoms with Gasteiger partial charge in [-0.25, -0.2) is 0 Å². The molecule has 1 amide bonds. The predicted molar refractivity (Wildman–Crippen MR) is 95.5 cm³/mol. The van der Waals surface area contributed by atoms with Gasteiger partial charge in [0.1, 0.15) is 5.41 Å². The van der Waals surface area contributed by atoms with Gasteiger partial charge in [0.25, 0.3) is 0 Å². The summed E-state index contributed by atoms with van der Waals surface area (Å²) in [6.45, 7) is 5.06. The minimum absolute atomic E-state index is 0.158. The van der Waals surface area contributed by atoms with Gasteiger partial charge >= 0.3 is 0 Å². The Kier molecular flexibility index (Phi) is 4.51. The first-order valence-electron chi connectivity index (χ1n) is 8.73. The van der Waals surface area contributed by atoms with Gasteiger partial charge in [0.05, 0.1) is 0 Å². The highest BCUT2D eigenvalue weighted by Gasteiger charge is 2.47. The van der Waals surface area contributed by atoms with Crippen LogP contribution in [0.15, 0.2) is 48.5 Å². The zero-order valence-corrected chi connectivity index (χ0v) is 14.1. The maximum absolute atomic E-state index is 13.2. The Labute approximate surface area is 138 Å². The molecule has 23 heavy (non-hydrogen) atoms. The van der Waals surface area contributed by atoms with Gasteiger partial charge in [-0.05, 0) is 35.1 Å². The molecule has 0 bridgehead atoms. The summed E-state index contributed by atoms with van der Waals surface area (Å²) in [6.07, 6.45) is 3.94. The van der Waals surface area contributed by atoms with Crippen LogP contribution in [-0.4, -0.2) is 12.5 Å². The Balaban J connectivity index is 2.13. The predicted octanol–water partition coefficient (Wildman–Crippen LogP) is 4.67. The average molecular weight is 307 g/mol. The molecule has 0 unspecified atom stereocenters. The number of unbranched alkanes of at least 4 members (excludes halogenated alkanes) is 1. The van der Waals surface area contributed by atoms with Gasteiger partial charge in [0.2, 0.25) is 5.91 Å². The molecule has 0 heterocycles. The van der Waals surface area contributed by atoms with Crippen molar-refractivity contribution < 1.29 is 4.79 Å². The van der Waals surface area contributed by atoms with Crippen LogP contribution in [0, 0.1) is 0 Å². The first-order valence-corrected chi connectivity index (χ1v) is 8.73. The summed E-state index contributed by atoms with van der Waals surface area (Å²) in [7, 11) is 0.